The summed E-state index contributed by atoms with van der Waals surface area (Å²) < 4.78 is 11.5. The number of amides is 1. The largest absolute Gasteiger partial charge is 0.494 e. The van der Waals surface area contributed by atoms with Gasteiger partial charge in [-0.2, -0.15) is 0 Å². The Labute approximate surface area is 159 Å². The van der Waals surface area contributed by atoms with Crippen LogP contribution in [0.1, 0.15) is 36.1 Å². The van der Waals surface area contributed by atoms with Crippen LogP contribution in [-0.2, 0) is 16.1 Å². The van der Waals surface area contributed by atoms with Crippen LogP contribution in [0, 0.1) is 6.92 Å². The number of aryl methyl sites for hydroxylation is 1. The molecule has 1 fully saturated rings. The number of carbonyl (C=O) groups excluding carboxylic acids is 1. The molecule has 4 nitrogen and oxygen atoms in total. The number of hydrogen-bond acceptors (Lipinski definition) is 4. The lowest BCUT2D eigenvalue weighted by Gasteiger charge is -2.25. The van der Waals surface area contributed by atoms with Gasteiger partial charge in [0.05, 0.1) is 19.3 Å². The molecule has 1 amide bonds. The molecule has 1 aliphatic heterocycles. The molecule has 2 aromatic rings. The summed E-state index contributed by atoms with van der Waals surface area (Å²) in [5.41, 5.74) is 1.18. The van der Waals surface area contributed by atoms with E-state index in [4.69, 9.17) is 9.47 Å². The van der Waals surface area contributed by atoms with Gasteiger partial charge in [0.25, 0.3) is 0 Å². The summed E-state index contributed by atoms with van der Waals surface area (Å²) in [5.74, 6) is 1.05. The molecule has 1 aromatic carbocycles. The quantitative estimate of drug-likeness (QED) is 0.611. The SMILES string of the molecule is Cc1cccc(OCCCC(=O)N(Cc2cccs2)CC2CCCO2)c1. The van der Waals surface area contributed by atoms with E-state index in [1.165, 1.54) is 10.4 Å². The number of hydrogen-bond donors (Lipinski definition) is 0. The van der Waals surface area contributed by atoms with Gasteiger partial charge in [-0.3, -0.25) is 4.79 Å². The van der Waals surface area contributed by atoms with E-state index in [0.29, 0.717) is 26.1 Å². The third-order valence-electron chi connectivity index (χ3n) is 4.52. The van der Waals surface area contributed by atoms with Gasteiger partial charge in [-0.15, -0.1) is 11.3 Å². The van der Waals surface area contributed by atoms with E-state index in [0.717, 1.165) is 31.6 Å². The summed E-state index contributed by atoms with van der Waals surface area (Å²) in [6.07, 6.45) is 3.55. The van der Waals surface area contributed by atoms with Crippen molar-refractivity contribution in [2.45, 2.75) is 45.3 Å². The summed E-state index contributed by atoms with van der Waals surface area (Å²) in [6.45, 7) is 4.78. The van der Waals surface area contributed by atoms with Crippen LogP contribution in [-0.4, -0.2) is 36.7 Å². The molecule has 0 bridgehead atoms. The lowest BCUT2D eigenvalue weighted by Crippen LogP contribution is -2.36. The molecule has 1 atom stereocenters. The lowest BCUT2D eigenvalue weighted by atomic mass is 10.2. The summed E-state index contributed by atoms with van der Waals surface area (Å²) in [6, 6.07) is 12.1. The minimum atomic E-state index is 0.182. The summed E-state index contributed by atoms with van der Waals surface area (Å²) >= 11 is 1.69. The minimum Gasteiger partial charge on any atom is -0.494 e. The first-order valence-electron chi connectivity index (χ1n) is 9.32. The average Bonchev–Trinajstić information content (AvgIpc) is 3.32. The lowest BCUT2D eigenvalue weighted by molar-refractivity contribution is -0.133. The van der Waals surface area contributed by atoms with Crippen molar-refractivity contribution in [1.29, 1.82) is 0 Å². The zero-order valence-corrected chi connectivity index (χ0v) is 16.2. The topological polar surface area (TPSA) is 38.8 Å². The Morgan fingerprint density at radius 3 is 3.00 bits per heavy atom. The fourth-order valence-electron chi connectivity index (χ4n) is 3.16. The molecule has 0 radical (unpaired) electrons. The molecule has 0 aliphatic carbocycles. The predicted molar refractivity (Wildman–Crippen MR) is 105 cm³/mol. The molecular formula is C21H27NO3S. The van der Waals surface area contributed by atoms with Crippen molar-refractivity contribution in [3.63, 3.8) is 0 Å². The molecule has 2 heterocycles. The van der Waals surface area contributed by atoms with Crippen LogP contribution in [0.15, 0.2) is 41.8 Å². The van der Waals surface area contributed by atoms with Crippen LogP contribution in [0.2, 0.25) is 0 Å². The van der Waals surface area contributed by atoms with E-state index in [-0.39, 0.29) is 12.0 Å². The summed E-state index contributed by atoms with van der Waals surface area (Å²) in [4.78, 5) is 15.9. The molecule has 26 heavy (non-hydrogen) atoms. The first-order valence-corrected chi connectivity index (χ1v) is 10.2. The first-order chi connectivity index (χ1) is 12.7. The predicted octanol–water partition coefficient (Wildman–Crippen LogP) is 4.42. The number of nitrogens with zero attached hydrogens (tertiary/aromatic N) is 1. The molecule has 1 aliphatic rings. The Hall–Kier alpha value is -1.85. The standard InChI is InChI=1S/C21H27NO3S/c1-17-6-2-7-18(14-17)24-12-4-10-21(23)22(15-19-8-3-11-25-19)16-20-9-5-13-26-20/h2,5-7,9,13-14,19H,3-4,8,10-12,15-16H2,1H3. The number of ether oxygens (including phenoxy) is 2. The highest BCUT2D eigenvalue weighted by Crippen LogP contribution is 2.18. The van der Waals surface area contributed by atoms with Crippen LogP contribution < -0.4 is 4.74 Å². The van der Waals surface area contributed by atoms with Gasteiger partial charge < -0.3 is 14.4 Å². The molecule has 0 saturated carbocycles. The highest BCUT2D eigenvalue weighted by Gasteiger charge is 2.22. The Kier molecular flexibility index (Phi) is 7.09. The molecule has 140 valence electrons. The van der Waals surface area contributed by atoms with E-state index in [1.807, 2.05) is 42.2 Å². The highest BCUT2D eigenvalue weighted by atomic mass is 32.1. The maximum absolute atomic E-state index is 12.7. The second-order valence-corrected chi connectivity index (χ2v) is 7.79. The smallest absolute Gasteiger partial charge is 0.223 e. The first kappa shape index (κ1) is 18.9. The zero-order valence-electron chi connectivity index (χ0n) is 15.4. The van der Waals surface area contributed by atoms with Crippen molar-refractivity contribution in [2.24, 2.45) is 0 Å². The molecular weight excluding hydrogens is 346 g/mol. The zero-order chi connectivity index (χ0) is 18.2. The van der Waals surface area contributed by atoms with E-state index in [1.54, 1.807) is 11.3 Å². The molecule has 1 saturated heterocycles. The Bertz CT molecular complexity index is 680. The second kappa shape index (κ2) is 9.74. The summed E-state index contributed by atoms with van der Waals surface area (Å²) in [7, 11) is 0. The van der Waals surface area contributed by atoms with Crippen molar-refractivity contribution < 1.29 is 14.3 Å². The summed E-state index contributed by atoms with van der Waals surface area (Å²) in [5, 5.41) is 2.06. The van der Waals surface area contributed by atoms with Crippen LogP contribution in [0.5, 0.6) is 5.75 Å². The van der Waals surface area contributed by atoms with Crippen LogP contribution in [0.4, 0.5) is 0 Å². The number of thiophene rings is 1. The Morgan fingerprint density at radius 2 is 2.27 bits per heavy atom. The Morgan fingerprint density at radius 1 is 1.35 bits per heavy atom. The third kappa shape index (κ3) is 5.85. The van der Waals surface area contributed by atoms with Crippen LogP contribution in [0.25, 0.3) is 0 Å². The van der Waals surface area contributed by atoms with Crippen LogP contribution in [0.3, 0.4) is 0 Å². The van der Waals surface area contributed by atoms with Gasteiger partial charge in [0.2, 0.25) is 5.91 Å². The molecule has 1 aromatic heterocycles. The number of benzene rings is 1. The molecule has 5 heteroatoms. The van der Waals surface area contributed by atoms with Gasteiger partial charge in [-0.1, -0.05) is 18.2 Å². The van der Waals surface area contributed by atoms with E-state index < -0.39 is 0 Å². The average molecular weight is 374 g/mol. The molecule has 0 N–H and O–H groups in total. The van der Waals surface area contributed by atoms with E-state index in [2.05, 4.69) is 11.4 Å². The monoisotopic (exact) mass is 373 g/mol. The van der Waals surface area contributed by atoms with Crippen molar-refractivity contribution in [1.82, 2.24) is 4.90 Å². The number of rotatable bonds is 9. The molecule has 3 rings (SSSR count). The van der Waals surface area contributed by atoms with E-state index >= 15 is 0 Å². The fourth-order valence-corrected chi connectivity index (χ4v) is 3.88. The molecule has 1 unspecified atom stereocenters. The van der Waals surface area contributed by atoms with Gasteiger partial charge in [-0.05, 0) is 55.3 Å². The van der Waals surface area contributed by atoms with Gasteiger partial charge in [0.15, 0.2) is 0 Å². The molecule has 0 spiro atoms. The van der Waals surface area contributed by atoms with Crippen molar-refractivity contribution in [3.05, 3.63) is 52.2 Å². The van der Waals surface area contributed by atoms with Gasteiger partial charge in [0, 0.05) is 24.4 Å². The van der Waals surface area contributed by atoms with Crippen molar-refractivity contribution in [2.75, 3.05) is 19.8 Å². The normalized spacial score (nSPS) is 16.6. The van der Waals surface area contributed by atoms with Crippen LogP contribution >= 0.6 is 11.3 Å². The van der Waals surface area contributed by atoms with Gasteiger partial charge in [-0.25, -0.2) is 0 Å². The minimum absolute atomic E-state index is 0.182. The van der Waals surface area contributed by atoms with Gasteiger partial charge in [0.1, 0.15) is 5.75 Å². The van der Waals surface area contributed by atoms with Gasteiger partial charge >= 0.3 is 0 Å². The van der Waals surface area contributed by atoms with E-state index in [9.17, 15) is 4.79 Å². The van der Waals surface area contributed by atoms with Crippen molar-refractivity contribution in [3.8, 4) is 5.75 Å². The third-order valence-corrected chi connectivity index (χ3v) is 5.38. The van der Waals surface area contributed by atoms with Crippen molar-refractivity contribution >= 4 is 17.2 Å². The maximum atomic E-state index is 12.7. The highest BCUT2D eigenvalue weighted by molar-refractivity contribution is 7.09. The Balaban J connectivity index is 1.47. The fraction of sp³-hybridized carbons (Fsp3) is 0.476. The second-order valence-electron chi connectivity index (χ2n) is 6.76. The maximum Gasteiger partial charge on any atom is 0.223 e. The number of carbonyl (C=O) groups is 1.